The van der Waals surface area contributed by atoms with Gasteiger partial charge in [-0.1, -0.05) is 68.4 Å². The normalized spacial score (nSPS) is 15.7. The number of aryl methyl sites for hydroxylation is 3. The van der Waals surface area contributed by atoms with Gasteiger partial charge in [-0.2, -0.15) is 0 Å². The summed E-state index contributed by atoms with van der Waals surface area (Å²) in [5.74, 6) is 0. The second-order valence-electron chi connectivity index (χ2n) is 8.93. The molecule has 0 fully saturated rings. The van der Waals surface area contributed by atoms with Crippen LogP contribution in [-0.2, 0) is 19.3 Å². The van der Waals surface area contributed by atoms with E-state index in [-0.39, 0.29) is 16.7 Å². The number of thiazole rings is 1. The van der Waals surface area contributed by atoms with Crippen LogP contribution in [0.15, 0.2) is 77.1 Å². The number of nitrogens with zero attached hydrogens (tertiary/aromatic N) is 3. The highest BCUT2D eigenvalue weighted by Gasteiger charge is 2.25. The van der Waals surface area contributed by atoms with Crippen LogP contribution in [0.4, 0.5) is 11.4 Å². The molecule has 0 aliphatic heterocycles. The Kier molecular flexibility index (Phi) is 6.64. The quantitative estimate of drug-likeness (QED) is 0.212. The van der Waals surface area contributed by atoms with Crippen LogP contribution in [0.3, 0.4) is 0 Å². The third kappa shape index (κ3) is 4.46. The van der Waals surface area contributed by atoms with E-state index in [1.54, 1.807) is 29.5 Å². The average molecular weight is 484 g/mol. The molecule has 0 spiro atoms. The number of nitro benzene ring substituents is 1. The van der Waals surface area contributed by atoms with Crippen molar-refractivity contribution in [1.29, 1.82) is 0 Å². The first-order chi connectivity index (χ1) is 17.1. The van der Waals surface area contributed by atoms with Crippen LogP contribution in [0, 0.1) is 10.1 Å². The summed E-state index contributed by atoms with van der Waals surface area (Å²) in [6.45, 7) is 4.34. The maximum Gasteiger partial charge on any atom is 0.270 e. The van der Waals surface area contributed by atoms with Gasteiger partial charge in [0.2, 0.25) is 0 Å². The van der Waals surface area contributed by atoms with Gasteiger partial charge in [-0.15, -0.1) is 11.3 Å². The minimum Gasteiger partial charge on any atom is -0.309 e. The van der Waals surface area contributed by atoms with Crippen molar-refractivity contribution in [2.24, 2.45) is 4.99 Å². The van der Waals surface area contributed by atoms with Crippen molar-refractivity contribution in [3.8, 4) is 11.3 Å². The lowest BCUT2D eigenvalue weighted by molar-refractivity contribution is -0.384. The van der Waals surface area contributed by atoms with Gasteiger partial charge in [-0.3, -0.25) is 10.1 Å². The number of hydrogen-bond donors (Lipinski definition) is 0. The molecule has 0 amide bonds. The van der Waals surface area contributed by atoms with Crippen molar-refractivity contribution in [2.75, 3.05) is 0 Å². The second-order valence-corrected chi connectivity index (χ2v) is 9.77. The molecule has 178 valence electrons. The molecule has 1 aromatic heterocycles. The van der Waals surface area contributed by atoms with Crippen molar-refractivity contribution < 1.29 is 4.92 Å². The molecule has 0 N–H and O–H groups in total. The van der Waals surface area contributed by atoms with Gasteiger partial charge < -0.3 is 4.57 Å². The van der Waals surface area contributed by atoms with Crippen LogP contribution in [0.2, 0.25) is 0 Å². The van der Waals surface area contributed by atoms with Gasteiger partial charge in [0.25, 0.3) is 5.69 Å². The largest absolute Gasteiger partial charge is 0.309 e. The lowest BCUT2D eigenvalue weighted by atomic mass is 9.87. The van der Waals surface area contributed by atoms with Crippen LogP contribution < -0.4 is 4.80 Å². The van der Waals surface area contributed by atoms with Crippen LogP contribution >= 0.6 is 11.3 Å². The molecule has 0 radical (unpaired) electrons. The highest BCUT2D eigenvalue weighted by Crippen LogP contribution is 2.37. The second kappa shape index (κ2) is 10.0. The molecule has 0 bridgehead atoms. The summed E-state index contributed by atoms with van der Waals surface area (Å²) in [7, 11) is 0. The van der Waals surface area contributed by atoms with E-state index in [9.17, 15) is 10.1 Å². The highest BCUT2D eigenvalue weighted by atomic mass is 32.1. The van der Waals surface area contributed by atoms with Crippen LogP contribution in [0.5, 0.6) is 0 Å². The Morgan fingerprint density at radius 3 is 2.51 bits per heavy atom. The van der Waals surface area contributed by atoms with Gasteiger partial charge in [0.1, 0.15) is 0 Å². The Labute approximate surface area is 209 Å². The smallest absolute Gasteiger partial charge is 0.270 e. The fourth-order valence-electron chi connectivity index (χ4n) is 5.14. The Morgan fingerprint density at radius 2 is 1.77 bits per heavy atom. The summed E-state index contributed by atoms with van der Waals surface area (Å²) >= 11 is 1.61. The van der Waals surface area contributed by atoms with E-state index < -0.39 is 0 Å². The van der Waals surface area contributed by atoms with E-state index >= 15 is 0 Å². The van der Waals surface area contributed by atoms with Crippen molar-refractivity contribution in [1.82, 2.24) is 4.57 Å². The molecule has 5 rings (SSSR count). The molecule has 1 unspecified atom stereocenters. The average Bonchev–Trinajstić information content (AvgIpc) is 3.31. The molecule has 3 aromatic carbocycles. The Balaban J connectivity index is 1.78. The van der Waals surface area contributed by atoms with Crippen molar-refractivity contribution in [3.05, 3.63) is 109 Å². The van der Waals surface area contributed by atoms with E-state index in [1.165, 1.54) is 22.3 Å². The maximum atomic E-state index is 11.5. The number of hydrogen-bond acceptors (Lipinski definition) is 4. The molecule has 1 heterocycles. The zero-order chi connectivity index (χ0) is 24.4. The zero-order valence-corrected chi connectivity index (χ0v) is 20.9. The monoisotopic (exact) mass is 483 g/mol. The number of nitro groups is 1. The first-order valence-electron chi connectivity index (χ1n) is 12.3. The van der Waals surface area contributed by atoms with Gasteiger partial charge in [0, 0.05) is 23.1 Å². The van der Waals surface area contributed by atoms with E-state index in [1.807, 2.05) is 6.07 Å². The minimum atomic E-state index is -0.327. The molecule has 4 aromatic rings. The van der Waals surface area contributed by atoms with E-state index in [0.717, 1.165) is 53.9 Å². The van der Waals surface area contributed by atoms with Gasteiger partial charge >= 0.3 is 0 Å². The molecular weight excluding hydrogens is 454 g/mol. The topological polar surface area (TPSA) is 60.4 Å². The molecule has 1 aliphatic carbocycles. The number of benzene rings is 3. The Hall–Kier alpha value is -3.51. The standard InChI is InChI=1S/C29H29N3O2S/c1-3-20-11-7-12-21(4-2)28(20)30-29-31(26-17-9-13-22-10-5-6-16-25(22)26)27(19-35-29)23-14-8-15-24(18-23)32(33)34/h5-8,10-12,14-16,18-19,26H,3-4,9,13,17H2,1-2H3. The molecule has 35 heavy (non-hydrogen) atoms. The number of aromatic nitrogens is 1. The predicted molar refractivity (Wildman–Crippen MR) is 142 cm³/mol. The number of rotatable bonds is 6. The molecule has 1 atom stereocenters. The number of fused-ring (bicyclic) bond motifs is 1. The summed E-state index contributed by atoms with van der Waals surface area (Å²) in [5.41, 5.74) is 8.17. The summed E-state index contributed by atoms with van der Waals surface area (Å²) in [6, 6.07) is 22.2. The van der Waals surface area contributed by atoms with Crippen LogP contribution in [0.25, 0.3) is 11.3 Å². The molecule has 0 saturated heterocycles. The lowest BCUT2D eigenvalue weighted by Crippen LogP contribution is -2.26. The van der Waals surface area contributed by atoms with Crippen molar-refractivity contribution >= 4 is 22.7 Å². The predicted octanol–water partition coefficient (Wildman–Crippen LogP) is 7.41. The summed E-state index contributed by atoms with van der Waals surface area (Å²) in [5, 5.41) is 13.6. The number of para-hydroxylation sites is 1. The molecule has 0 saturated carbocycles. The SMILES string of the molecule is CCc1cccc(CC)c1N=c1scc(-c2cccc([N+](=O)[O-])c2)n1C1CCCc2ccccc21. The lowest BCUT2D eigenvalue weighted by Gasteiger charge is -2.28. The number of non-ortho nitro benzene ring substituents is 1. The molecule has 6 heteroatoms. The van der Waals surface area contributed by atoms with Crippen molar-refractivity contribution in [2.45, 2.75) is 52.0 Å². The van der Waals surface area contributed by atoms with E-state index in [0.29, 0.717) is 0 Å². The first kappa shape index (κ1) is 23.2. The van der Waals surface area contributed by atoms with Gasteiger partial charge in [0.15, 0.2) is 4.80 Å². The molecule has 1 aliphatic rings. The Morgan fingerprint density at radius 1 is 1.03 bits per heavy atom. The third-order valence-corrected chi connectivity index (χ3v) is 7.76. The van der Waals surface area contributed by atoms with E-state index in [4.69, 9.17) is 4.99 Å². The summed E-state index contributed by atoms with van der Waals surface area (Å²) in [4.78, 5) is 17.4. The van der Waals surface area contributed by atoms with Crippen LogP contribution in [-0.4, -0.2) is 9.49 Å². The highest BCUT2D eigenvalue weighted by molar-refractivity contribution is 7.07. The van der Waals surface area contributed by atoms with Crippen molar-refractivity contribution in [3.63, 3.8) is 0 Å². The summed E-state index contributed by atoms with van der Waals surface area (Å²) in [6.07, 6.45) is 5.03. The fourth-order valence-corrected chi connectivity index (χ4v) is 6.09. The van der Waals surface area contributed by atoms with Crippen LogP contribution in [0.1, 0.15) is 55.0 Å². The Bertz CT molecular complexity index is 1430. The maximum absolute atomic E-state index is 11.5. The zero-order valence-electron chi connectivity index (χ0n) is 20.1. The van der Waals surface area contributed by atoms with Gasteiger partial charge in [-0.05, 0) is 54.4 Å². The summed E-state index contributed by atoms with van der Waals surface area (Å²) < 4.78 is 2.33. The van der Waals surface area contributed by atoms with E-state index in [2.05, 4.69) is 66.3 Å². The third-order valence-electron chi connectivity index (χ3n) is 6.92. The molecule has 5 nitrogen and oxygen atoms in total. The minimum absolute atomic E-state index is 0.104. The van der Waals surface area contributed by atoms with Gasteiger partial charge in [0.05, 0.1) is 22.3 Å². The van der Waals surface area contributed by atoms with Gasteiger partial charge in [-0.25, -0.2) is 4.99 Å². The fraction of sp³-hybridized carbons (Fsp3) is 0.276. The first-order valence-corrected chi connectivity index (χ1v) is 13.2. The molecular formula is C29H29N3O2S.